The number of hydrogen-bond acceptors (Lipinski definition) is 3. The lowest BCUT2D eigenvalue weighted by atomic mass is 9.58. The van der Waals surface area contributed by atoms with Gasteiger partial charge in [0.15, 0.2) is 0 Å². The lowest BCUT2D eigenvalue weighted by Crippen LogP contribution is -2.45. The highest BCUT2D eigenvalue weighted by molar-refractivity contribution is 6.03. The smallest absolute Gasteiger partial charge is 0.220 e. The Balaban J connectivity index is 2.12. The van der Waals surface area contributed by atoms with Gasteiger partial charge in [-0.1, -0.05) is 6.92 Å². The van der Waals surface area contributed by atoms with E-state index >= 15 is 0 Å². The molecule has 2 rings (SSSR count). The summed E-state index contributed by atoms with van der Waals surface area (Å²) in [6.07, 6.45) is 3.60. The van der Waals surface area contributed by atoms with E-state index in [1.807, 2.05) is 6.92 Å². The minimum atomic E-state index is -0.249. The Kier molecular flexibility index (Phi) is 3.06. The normalized spacial score (nSPS) is 38.4. The third-order valence-electron chi connectivity index (χ3n) is 4.71. The summed E-state index contributed by atoms with van der Waals surface area (Å²) in [5.41, 5.74) is 5.12. The van der Waals surface area contributed by atoms with E-state index in [9.17, 15) is 14.4 Å². The summed E-state index contributed by atoms with van der Waals surface area (Å²) in [5, 5.41) is 0. The van der Waals surface area contributed by atoms with Crippen LogP contribution in [0.25, 0.3) is 0 Å². The van der Waals surface area contributed by atoms with Gasteiger partial charge in [-0.05, 0) is 31.1 Å². The first-order valence-electron chi connectivity index (χ1n) is 6.28. The van der Waals surface area contributed by atoms with Gasteiger partial charge in [-0.15, -0.1) is 0 Å². The molecule has 4 heteroatoms. The molecule has 0 saturated heterocycles. The van der Waals surface area contributed by atoms with Gasteiger partial charge in [0.25, 0.3) is 0 Å². The lowest BCUT2D eigenvalue weighted by molar-refractivity contribution is -0.141. The summed E-state index contributed by atoms with van der Waals surface area (Å²) in [5.74, 6) is -0.237. The standard InChI is InChI=1S/C13H19NO3/c1-8-11(16)6-10(15)7-13(8)4-2-9(3-5-13)12(14)17/h8-9H,2-7H2,1H3,(H2,14,17). The second-order valence-corrected chi connectivity index (χ2v) is 5.62. The zero-order valence-electron chi connectivity index (χ0n) is 10.2. The van der Waals surface area contributed by atoms with Crippen molar-refractivity contribution in [2.24, 2.45) is 23.0 Å². The van der Waals surface area contributed by atoms with Gasteiger partial charge < -0.3 is 5.73 Å². The average molecular weight is 237 g/mol. The lowest BCUT2D eigenvalue weighted by Gasteiger charge is -2.45. The molecule has 1 atom stereocenters. The molecule has 1 amide bonds. The average Bonchev–Trinajstić information content (AvgIpc) is 2.26. The molecule has 4 nitrogen and oxygen atoms in total. The van der Waals surface area contributed by atoms with Crippen LogP contribution in [0, 0.1) is 17.3 Å². The topological polar surface area (TPSA) is 77.2 Å². The van der Waals surface area contributed by atoms with Gasteiger partial charge in [-0.2, -0.15) is 0 Å². The molecule has 0 aromatic carbocycles. The second-order valence-electron chi connectivity index (χ2n) is 5.62. The zero-order valence-corrected chi connectivity index (χ0v) is 10.2. The van der Waals surface area contributed by atoms with Crippen LogP contribution >= 0.6 is 0 Å². The molecule has 2 aliphatic rings. The molecule has 0 bridgehead atoms. The molecule has 2 saturated carbocycles. The molecule has 2 N–H and O–H groups in total. The number of primary amides is 1. The molecule has 0 aliphatic heterocycles. The number of carbonyl (C=O) groups excluding carboxylic acids is 3. The van der Waals surface area contributed by atoms with Gasteiger partial charge in [-0.25, -0.2) is 0 Å². The number of carbonyl (C=O) groups is 3. The van der Waals surface area contributed by atoms with Gasteiger partial charge in [0.05, 0.1) is 6.42 Å². The second kappa shape index (κ2) is 4.24. The van der Waals surface area contributed by atoms with Crippen molar-refractivity contribution in [3.05, 3.63) is 0 Å². The molecule has 2 fully saturated rings. The summed E-state index contributed by atoms with van der Waals surface area (Å²) in [4.78, 5) is 34.5. The van der Waals surface area contributed by atoms with Crippen LogP contribution in [-0.4, -0.2) is 17.5 Å². The van der Waals surface area contributed by atoms with Crippen molar-refractivity contribution in [1.82, 2.24) is 0 Å². The van der Waals surface area contributed by atoms with Crippen molar-refractivity contribution in [3.63, 3.8) is 0 Å². The van der Waals surface area contributed by atoms with Crippen molar-refractivity contribution < 1.29 is 14.4 Å². The SMILES string of the molecule is CC1C(=O)CC(=O)CC12CCC(C(N)=O)CC2. The van der Waals surface area contributed by atoms with Gasteiger partial charge >= 0.3 is 0 Å². The minimum absolute atomic E-state index is 0.0472. The van der Waals surface area contributed by atoms with E-state index in [1.54, 1.807) is 0 Å². The summed E-state index contributed by atoms with van der Waals surface area (Å²) < 4.78 is 0. The maximum atomic E-state index is 11.8. The number of hydrogen-bond donors (Lipinski definition) is 1. The van der Waals surface area contributed by atoms with Crippen molar-refractivity contribution in [2.45, 2.75) is 45.4 Å². The summed E-state index contributed by atoms with van der Waals surface area (Å²) >= 11 is 0. The third kappa shape index (κ3) is 2.13. The molecule has 0 aromatic heterocycles. The van der Waals surface area contributed by atoms with Crippen LogP contribution in [0.1, 0.15) is 45.4 Å². The third-order valence-corrected chi connectivity index (χ3v) is 4.71. The van der Waals surface area contributed by atoms with Crippen molar-refractivity contribution >= 4 is 17.5 Å². The first-order chi connectivity index (χ1) is 7.94. The first-order valence-corrected chi connectivity index (χ1v) is 6.28. The molecule has 94 valence electrons. The van der Waals surface area contributed by atoms with Crippen LogP contribution in [-0.2, 0) is 14.4 Å². The highest BCUT2D eigenvalue weighted by Crippen LogP contribution is 2.49. The molecule has 17 heavy (non-hydrogen) atoms. The fourth-order valence-corrected chi connectivity index (χ4v) is 3.38. The van der Waals surface area contributed by atoms with Gasteiger partial charge in [0, 0.05) is 18.3 Å². The van der Waals surface area contributed by atoms with Crippen molar-refractivity contribution in [1.29, 1.82) is 0 Å². The van der Waals surface area contributed by atoms with Crippen LogP contribution < -0.4 is 5.73 Å². The molecular weight excluding hydrogens is 218 g/mol. The van der Waals surface area contributed by atoms with Crippen LogP contribution in [0.2, 0.25) is 0 Å². The van der Waals surface area contributed by atoms with Crippen LogP contribution in [0.5, 0.6) is 0 Å². The van der Waals surface area contributed by atoms with Gasteiger partial charge in [0.2, 0.25) is 5.91 Å². The molecule has 1 unspecified atom stereocenters. The summed E-state index contributed by atoms with van der Waals surface area (Å²) in [7, 11) is 0. The number of amides is 1. The minimum Gasteiger partial charge on any atom is -0.369 e. The van der Waals surface area contributed by atoms with E-state index in [-0.39, 0.29) is 41.1 Å². The molecular formula is C13H19NO3. The zero-order chi connectivity index (χ0) is 12.6. The van der Waals surface area contributed by atoms with E-state index in [2.05, 4.69) is 0 Å². The molecule has 1 spiro atoms. The number of rotatable bonds is 1. The Morgan fingerprint density at radius 3 is 2.41 bits per heavy atom. The number of ketones is 2. The van der Waals surface area contributed by atoms with Crippen LogP contribution in [0.4, 0.5) is 0 Å². The Morgan fingerprint density at radius 1 is 1.29 bits per heavy atom. The molecule has 2 aliphatic carbocycles. The van der Waals surface area contributed by atoms with E-state index in [4.69, 9.17) is 5.73 Å². The summed E-state index contributed by atoms with van der Waals surface area (Å²) in [6, 6.07) is 0. The largest absolute Gasteiger partial charge is 0.369 e. The fourth-order valence-electron chi connectivity index (χ4n) is 3.38. The first kappa shape index (κ1) is 12.3. The highest BCUT2D eigenvalue weighted by atomic mass is 16.2. The Morgan fingerprint density at radius 2 is 1.88 bits per heavy atom. The maximum absolute atomic E-state index is 11.8. The van der Waals surface area contributed by atoms with Crippen molar-refractivity contribution in [3.8, 4) is 0 Å². The Bertz CT molecular complexity index is 367. The monoisotopic (exact) mass is 237 g/mol. The predicted octanol–water partition coefficient (Wildman–Crippen LogP) is 1.22. The van der Waals surface area contributed by atoms with E-state index in [1.165, 1.54) is 0 Å². The van der Waals surface area contributed by atoms with E-state index in [0.29, 0.717) is 6.42 Å². The van der Waals surface area contributed by atoms with Gasteiger partial charge in [0.1, 0.15) is 11.6 Å². The Hall–Kier alpha value is -1.19. The quantitative estimate of drug-likeness (QED) is 0.696. The molecule has 0 aromatic rings. The highest BCUT2D eigenvalue weighted by Gasteiger charge is 2.47. The van der Waals surface area contributed by atoms with Crippen LogP contribution in [0.15, 0.2) is 0 Å². The molecule has 0 heterocycles. The number of Topliss-reactive ketones (excluding diaryl/α,β-unsaturated/α-hetero) is 2. The maximum Gasteiger partial charge on any atom is 0.220 e. The fraction of sp³-hybridized carbons (Fsp3) is 0.769. The molecule has 0 radical (unpaired) electrons. The Labute approximate surface area is 101 Å². The summed E-state index contributed by atoms with van der Waals surface area (Å²) in [6.45, 7) is 1.93. The number of nitrogens with two attached hydrogens (primary N) is 1. The van der Waals surface area contributed by atoms with E-state index < -0.39 is 0 Å². The van der Waals surface area contributed by atoms with Gasteiger partial charge in [-0.3, -0.25) is 14.4 Å². The van der Waals surface area contributed by atoms with Crippen molar-refractivity contribution in [2.75, 3.05) is 0 Å². The predicted molar refractivity (Wildman–Crippen MR) is 62.0 cm³/mol. The van der Waals surface area contributed by atoms with Crippen LogP contribution in [0.3, 0.4) is 0 Å². The van der Waals surface area contributed by atoms with E-state index in [0.717, 1.165) is 25.7 Å².